The van der Waals surface area contributed by atoms with Gasteiger partial charge in [0, 0.05) is 5.02 Å². The maximum atomic E-state index is 11.7. The molecular formula is C13H16ClNO4. The molecule has 0 saturated carbocycles. The Bertz CT molecular complexity index is 445. The average Bonchev–Trinajstić information content (AvgIpc) is 2.26. The first-order valence-electron chi connectivity index (χ1n) is 5.89. The maximum Gasteiger partial charge on any atom is 0.357 e. The summed E-state index contributed by atoms with van der Waals surface area (Å²) in [4.78, 5) is 27.3. The van der Waals surface area contributed by atoms with Crippen LogP contribution in [0.1, 0.15) is 48.7 Å². The van der Waals surface area contributed by atoms with Crippen LogP contribution in [0.5, 0.6) is 0 Å². The number of hydrogen-bond donors (Lipinski definition) is 0. The van der Waals surface area contributed by atoms with E-state index in [9.17, 15) is 9.59 Å². The van der Waals surface area contributed by atoms with E-state index in [0.29, 0.717) is 0 Å². The Balaban J connectivity index is 3.00. The third-order valence-corrected chi connectivity index (χ3v) is 2.11. The number of rotatable bonds is 4. The highest BCUT2D eigenvalue weighted by atomic mass is 35.5. The van der Waals surface area contributed by atoms with Gasteiger partial charge in [0.25, 0.3) is 0 Å². The van der Waals surface area contributed by atoms with E-state index in [2.05, 4.69) is 4.98 Å². The van der Waals surface area contributed by atoms with Gasteiger partial charge in [0.1, 0.15) is 0 Å². The second-order valence-corrected chi connectivity index (χ2v) is 4.90. The van der Waals surface area contributed by atoms with E-state index in [1.165, 1.54) is 12.1 Å². The van der Waals surface area contributed by atoms with Gasteiger partial charge >= 0.3 is 11.9 Å². The second-order valence-electron chi connectivity index (χ2n) is 4.46. The molecule has 0 fully saturated rings. The van der Waals surface area contributed by atoms with E-state index in [1.807, 2.05) is 0 Å². The van der Waals surface area contributed by atoms with Gasteiger partial charge in [0.2, 0.25) is 0 Å². The summed E-state index contributed by atoms with van der Waals surface area (Å²) >= 11 is 5.86. The molecule has 104 valence electrons. The van der Waals surface area contributed by atoms with Crippen LogP contribution in [0, 0.1) is 0 Å². The van der Waals surface area contributed by atoms with Gasteiger partial charge in [-0.15, -0.1) is 0 Å². The normalized spacial score (nSPS) is 10.7. The number of aromatic nitrogens is 1. The zero-order chi connectivity index (χ0) is 14.6. The van der Waals surface area contributed by atoms with Crippen molar-refractivity contribution in [2.45, 2.75) is 39.9 Å². The first kappa shape index (κ1) is 15.4. The van der Waals surface area contributed by atoms with Crippen molar-refractivity contribution in [2.75, 3.05) is 0 Å². The van der Waals surface area contributed by atoms with E-state index in [4.69, 9.17) is 21.1 Å². The lowest BCUT2D eigenvalue weighted by Gasteiger charge is -2.10. The molecular weight excluding hydrogens is 270 g/mol. The molecule has 0 unspecified atom stereocenters. The van der Waals surface area contributed by atoms with Crippen molar-refractivity contribution in [1.29, 1.82) is 0 Å². The molecule has 5 nitrogen and oxygen atoms in total. The molecule has 1 aromatic rings. The first-order valence-corrected chi connectivity index (χ1v) is 6.27. The van der Waals surface area contributed by atoms with Gasteiger partial charge in [-0.05, 0) is 39.8 Å². The fraction of sp³-hybridized carbons (Fsp3) is 0.462. The Morgan fingerprint density at radius 2 is 1.37 bits per heavy atom. The smallest absolute Gasteiger partial charge is 0.357 e. The summed E-state index contributed by atoms with van der Waals surface area (Å²) < 4.78 is 9.99. The van der Waals surface area contributed by atoms with Crippen molar-refractivity contribution < 1.29 is 19.1 Å². The topological polar surface area (TPSA) is 65.5 Å². The first-order chi connectivity index (χ1) is 8.79. The van der Waals surface area contributed by atoms with Crippen molar-refractivity contribution in [2.24, 2.45) is 0 Å². The lowest BCUT2D eigenvalue weighted by molar-refractivity contribution is 0.0363. The molecule has 1 rings (SSSR count). The molecule has 6 heteroatoms. The van der Waals surface area contributed by atoms with Gasteiger partial charge in [0.15, 0.2) is 11.4 Å². The summed E-state index contributed by atoms with van der Waals surface area (Å²) in [5.41, 5.74) is -0.0335. The van der Waals surface area contributed by atoms with Crippen LogP contribution in [0.3, 0.4) is 0 Å². The van der Waals surface area contributed by atoms with Crippen molar-refractivity contribution >= 4 is 23.5 Å². The monoisotopic (exact) mass is 285 g/mol. The van der Waals surface area contributed by atoms with E-state index in [1.54, 1.807) is 27.7 Å². The lowest BCUT2D eigenvalue weighted by Crippen LogP contribution is -2.17. The number of halogens is 1. The highest BCUT2D eigenvalue weighted by molar-refractivity contribution is 6.31. The zero-order valence-electron chi connectivity index (χ0n) is 11.3. The molecule has 1 heterocycles. The minimum Gasteiger partial charge on any atom is -0.458 e. The Morgan fingerprint density at radius 3 is 1.68 bits per heavy atom. The van der Waals surface area contributed by atoms with Crippen molar-refractivity contribution in [3.05, 3.63) is 28.5 Å². The third-order valence-electron chi connectivity index (χ3n) is 1.89. The van der Waals surface area contributed by atoms with Gasteiger partial charge in [-0.2, -0.15) is 0 Å². The highest BCUT2D eigenvalue weighted by Gasteiger charge is 2.17. The van der Waals surface area contributed by atoms with Gasteiger partial charge in [-0.25, -0.2) is 14.6 Å². The van der Waals surface area contributed by atoms with E-state index in [-0.39, 0.29) is 28.6 Å². The van der Waals surface area contributed by atoms with Gasteiger partial charge < -0.3 is 9.47 Å². The van der Waals surface area contributed by atoms with E-state index in [0.717, 1.165) is 0 Å². The fourth-order valence-electron chi connectivity index (χ4n) is 1.26. The van der Waals surface area contributed by atoms with Crippen molar-refractivity contribution in [1.82, 2.24) is 4.98 Å². The van der Waals surface area contributed by atoms with Crippen molar-refractivity contribution in [3.63, 3.8) is 0 Å². The molecule has 0 bridgehead atoms. The van der Waals surface area contributed by atoms with Crippen LogP contribution in [0.4, 0.5) is 0 Å². The Kier molecular flexibility index (Phi) is 5.30. The van der Waals surface area contributed by atoms with Crippen LogP contribution in [0.15, 0.2) is 12.1 Å². The fourth-order valence-corrected chi connectivity index (χ4v) is 1.46. The molecule has 0 N–H and O–H groups in total. The summed E-state index contributed by atoms with van der Waals surface area (Å²) in [6, 6.07) is 2.69. The molecule has 1 aromatic heterocycles. The van der Waals surface area contributed by atoms with E-state index >= 15 is 0 Å². The molecule has 0 radical (unpaired) electrons. The van der Waals surface area contributed by atoms with Crippen LogP contribution in [0.2, 0.25) is 5.02 Å². The minimum absolute atomic E-state index is 0.0168. The average molecular weight is 286 g/mol. The molecule has 0 atom stereocenters. The molecule has 0 aliphatic heterocycles. The standard InChI is InChI=1S/C13H16ClNO4/c1-7(2)18-12(16)10-5-9(14)6-11(15-10)13(17)19-8(3)4/h5-8H,1-4H3. The molecule has 19 heavy (non-hydrogen) atoms. The number of hydrogen-bond acceptors (Lipinski definition) is 5. The van der Waals surface area contributed by atoms with Crippen molar-refractivity contribution in [3.8, 4) is 0 Å². The minimum atomic E-state index is -0.629. The molecule has 0 spiro atoms. The highest BCUT2D eigenvalue weighted by Crippen LogP contribution is 2.14. The molecule has 0 aliphatic carbocycles. The quantitative estimate of drug-likeness (QED) is 0.796. The Morgan fingerprint density at radius 1 is 1.00 bits per heavy atom. The number of pyridine rings is 1. The largest absolute Gasteiger partial charge is 0.458 e. The predicted octanol–water partition coefficient (Wildman–Crippen LogP) is 2.87. The zero-order valence-corrected chi connectivity index (χ0v) is 12.0. The molecule has 0 amide bonds. The predicted molar refractivity (Wildman–Crippen MR) is 70.4 cm³/mol. The van der Waals surface area contributed by atoms with Crippen LogP contribution < -0.4 is 0 Å². The summed E-state index contributed by atoms with van der Waals surface area (Å²) in [5, 5.41) is 0.224. The van der Waals surface area contributed by atoms with Crippen LogP contribution in [-0.2, 0) is 9.47 Å². The summed E-state index contributed by atoms with van der Waals surface area (Å²) in [5.74, 6) is -1.26. The number of carbonyl (C=O) groups is 2. The molecule has 0 aromatic carbocycles. The van der Waals surface area contributed by atoms with Crippen LogP contribution >= 0.6 is 11.6 Å². The number of ether oxygens (including phenoxy) is 2. The number of carbonyl (C=O) groups excluding carboxylic acids is 2. The van der Waals surface area contributed by atoms with Crippen LogP contribution in [0.25, 0.3) is 0 Å². The summed E-state index contributed by atoms with van der Waals surface area (Å²) in [6.07, 6.45) is -0.557. The third kappa shape index (κ3) is 4.87. The van der Waals surface area contributed by atoms with Gasteiger partial charge in [0.05, 0.1) is 12.2 Å². The Labute approximate surface area is 116 Å². The van der Waals surface area contributed by atoms with E-state index < -0.39 is 11.9 Å². The number of nitrogens with zero attached hydrogens (tertiary/aromatic N) is 1. The summed E-state index contributed by atoms with van der Waals surface area (Å²) in [7, 11) is 0. The SMILES string of the molecule is CC(C)OC(=O)c1cc(Cl)cc(C(=O)OC(C)C)n1. The summed E-state index contributed by atoms with van der Waals surface area (Å²) in [6.45, 7) is 6.87. The lowest BCUT2D eigenvalue weighted by atomic mass is 10.3. The van der Waals surface area contributed by atoms with Gasteiger partial charge in [-0.3, -0.25) is 0 Å². The molecule has 0 saturated heterocycles. The maximum absolute atomic E-state index is 11.7. The number of esters is 2. The second kappa shape index (κ2) is 6.52. The molecule has 0 aliphatic rings. The van der Waals surface area contributed by atoms with Crippen LogP contribution in [-0.4, -0.2) is 29.1 Å². The van der Waals surface area contributed by atoms with Gasteiger partial charge in [-0.1, -0.05) is 11.6 Å². The Hall–Kier alpha value is -1.62.